The van der Waals surface area contributed by atoms with Crippen LogP contribution in [0.3, 0.4) is 0 Å². The lowest BCUT2D eigenvalue weighted by Gasteiger charge is -2.23. The Morgan fingerprint density at radius 3 is 2.78 bits per heavy atom. The third-order valence-electron chi connectivity index (χ3n) is 4.91. The van der Waals surface area contributed by atoms with Crippen LogP contribution < -0.4 is 5.56 Å². The van der Waals surface area contributed by atoms with Crippen LogP contribution in [0.5, 0.6) is 0 Å². The van der Waals surface area contributed by atoms with E-state index in [4.69, 9.17) is 0 Å². The highest BCUT2D eigenvalue weighted by atomic mass is 79.9. The topological polar surface area (TPSA) is 55.2 Å². The van der Waals surface area contributed by atoms with Gasteiger partial charge < -0.3 is 4.90 Å². The fourth-order valence-corrected chi connectivity index (χ4v) is 3.77. The average molecular weight is 426 g/mol. The summed E-state index contributed by atoms with van der Waals surface area (Å²) >= 11 is 3.48. The number of hydrogen-bond acceptors (Lipinski definition) is 3. The fourth-order valence-electron chi connectivity index (χ4n) is 3.33. The molecule has 0 atom stereocenters. The molecular weight excluding hydrogens is 406 g/mol. The quantitative estimate of drug-likeness (QED) is 0.626. The van der Waals surface area contributed by atoms with Gasteiger partial charge in [-0.05, 0) is 49.1 Å². The van der Waals surface area contributed by atoms with E-state index in [1.165, 1.54) is 10.9 Å². The number of carbonyl (C=O) groups is 1. The van der Waals surface area contributed by atoms with E-state index in [-0.39, 0.29) is 24.1 Å². The Balaban J connectivity index is 1.59. The van der Waals surface area contributed by atoms with Gasteiger partial charge in [0.2, 0.25) is 5.91 Å². The van der Waals surface area contributed by atoms with Crippen LogP contribution in [0.4, 0.5) is 0 Å². The highest BCUT2D eigenvalue weighted by molar-refractivity contribution is 9.10. The normalized spacial score (nSPS) is 13.7. The van der Waals surface area contributed by atoms with Crippen LogP contribution in [0.1, 0.15) is 24.0 Å². The zero-order chi connectivity index (χ0) is 19.0. The molecule has 0 saturated heterocycles. The molecule has 0 radical (unpaired) electrons. The molecule has 1 amide bonds. The van der Waals surface area contributed by atoms with Gasteiger partial charge in [-0.3, -0.25) is 14.2 Å². The predicted octanol–water partition coefficient (Wildman–Crippen LogP) is 3.66. The Kier molecular flexibility index (Phi) is 4.83. The maximum atomic E-state index is 13.0. The summed E-state index contributed by atoms with van der Waals surface area (Å²) < 4.78 is 2.41. The van der Waals surface area contributed by atoms with E-state index < -0.39 is 0 Å². The number of rotatable bonds is 5. The minimum atomic E-state index is -0.171. The molecule has 138 valence electrons. The molecular formula is C21H20BrN3O2. The second-order valence-electron chi connectivity index (χ2n) is 7.03. The van der Waals surface area contributed by atoms with Gasteiger partial charge in [0.25, 0.3) is 5.56 Å². The van der Waals surface area contributed by atoms with Gasteiger partial charge in [-0.25, -0.2) is 4.98 Å². The molecule has 1 fully saturated rings. The van der Waals surface area contributed by atoms with Crippen molar-refractivity contribution in [3.05, 3.63) is 74.7 Å². The predicted molar refractivity (Wildman–Crippen MR) is 108 cm³/mol. The maximum Gasteiger partial charge on any atom is 0.261 e. The monoisotopic (exact) mass is 425 g/mol. The average Bonchev–Trinajstić information content (AvgIpc) is 3.47. The number of hydrogen-bond donors (Lipinski definition) is 0. The van der Waals surface area contributed by atoms with Gasteiger partial charge in [0.05, 0.1) is 17.2 Å². The largest absolute Gasteiger partial charge is 0.334 e. The summed E-state index contributed by atoms with van der Waals surface area (Å²) in [6.07, 6.45) is 3.52. The number of nitrogens with zero attached hydrogens (tertiary/aromatic N) is 3. The van der Waals surface area contributed by atoms with E-state index in [0.717, 1.165) is 28.4 Å². The summed E-state index contributed by atoms with van der Waals surface area (Å²) in [5.74, 6) is -0.0478. The number of benzene rings is 2. The van der Waals surface area contributed by atoms with Crippen molar-refractivity contribution in [1.82, 2.24) is 14.5 Å². The van der Waals surface area contributed by atoms with Crippen molar-refractivity contribution in [2.24, 2.45) is 0 Å². The first-order valence-corrected chi connectivity index (χ1v) is 9.81. The Bertz CT molecular complexity index is 1070. The zero-order valence-electron chi connectivity index (χ0n) is 15.1. The third kappa shape index (κ3) is 3.81. The van der Waals surface area contributed by atoms with E-state index >= 15 is 0 Å². The molecule has 0 unspecified atom stereocenters. The second kappa shape index (κ2) is 7.27. The van der Waals surface area contributed by atoms with E-state index in [0.29, 0.717) is 17.4 Å². The molecule has 5 nitrogen and oxygen atoms in total. The summed E-state index contributed by atoms with van der Waals surface area (Å²) in [6.45, 7) is 2.50. The lowest BCUT2D eigenvalue weighted by Crippen LogP contribution is -2.37. The summed E-state index contributed by atoms with van der Waals surface area (Å²) in [5, 5.41) is 0.551. The van der Waals surface area contributed by atoms with E-state index in [2.05, 4.69) is 20.9 Å². The number of aromatic nitrogens is 2. The van der Waals surface area contributed by atoms with Gasteiger partial charge in [-0.15, -0.1) is 0 Å². The van der Waals surface area contributed by atoms with Crippen LogP contribution in [-0.4, -0.2) is 26.4 Å². The van der Waals surface area contributed by atoms with Crippen LogP contribution in [0, 0.1) is 6.92 Å². The SMILES string of the molecule is Cc1cccc2c(=O)n(CC(=O)N(Cc3cccc(Br)c3)C3CC3)cnc12. The molecule has 1 saturated carbocycles. The number of para-hydroxylation sites is 1. The van der Waals surface area contributed by atoms with Crippen molar-refractivity contribution in [3.8, 4) is 0 Å². The zero-order valence-corrected chi connectivity index (χ0v) is 16.6. The molecule has 0 spiro atoms. The van der Waals surface area contributed by atoms with Crippen LogP contribution in [0.25, 0.3) is 10.9 Å². The van der Waals surface area contributed by atoms with Gasteiger partial charge in [0, 0.05) is 17.1 Å². The Morgan fingerprint density at radius 2 is 2.04 bits per heavy atom. The smallest absolute Gasteiger partial charge is 0.261 e. The Morgan fingerprint density at radius 1 is 1.26 bits per heavy atom. The van der Waals surface area contributed by atoms with Gasteiger partial charge in [-0.1, -0.05) is 40.2 Å². The van der Waals surface area contributed by atoms with Gasteiger partial charge >= 0.3 is 0 Å². The highest BCUT2D eigenvalue weighted by Gasteiger charge is 2.32. The highest BCUT2D eigenvalue weighted by Crippen LogP contribution is 2.29. The summed E-state index contributed by atoms with van der Waals surface area (Å²) in [4.78, 5) is 32.0. The summed E-state index contributed by atoms with van der Waals surface area (Å²) in [6, 6.07) is 13.8. The van der Waals surface area contributed by atoms with Crippen molar-refractivity contribution in [1.29, 1.82) is 0 Å². The molecule has 6 heteroatoms. The van der Waals surface area contributed by atoms with Crippen molar-refractivity contribution >= 4 is 32.7 Å². The maximum absolute atomic E-state index is 13.0. The Hall–Kier alpha value is -2.47. The lowest BCUT2D eigenvalue weighted by atomic mass is 10.1. The Labute approximate surface area is 165 Å². The number of amides is 1. The van der Waals surface area contributed by atoms with Crippen LogP contribution in [0.15, 0.2) is 58.1 Å². The first-order valence-electron chi connectivity index (χ1n) is 9.01. The molecule has 1 heterocycles. The number of fused-ring (bicyclic) bond motifs is 1. The lowest BCUT2D eigenvalue weighted by molar-refractivity contribution is -0.133. The summed E-state index contributed by atoms with van der Waals surface area (Å²) in [5.41, 5.74) is 2.55. The number of carbonyl (C=O) groups excluding carboxylic acids is 1. The number of halogens is 1. The number of aryl methyl sites for hydroxylation is 1. The van der Waals surface area contributed by atoms with Crippen molar-refractivity contribution < 1.29 is 4.79 Å². The van der Waals surface area contributed by atoms with E-state index in [9.17, 15) is 9.59 Å². The van der Waals surface area contributed by atoms with Crippen molar-refractivity contribution in [2.45, 2.75) is 38.9 Å². The van der Waals surface area contributed by atoms with Crippen LogP contribution >= 0.6 is 15.9 Å². The molecule has 0 aliphatic heterocycles. The van der Waals surface area contributed by atoms with Crippen LogP contribution in [0.2, 0.25) is 0 Å². The molecule has 4 rings (SSSR count). The molecule has 1 aliphatic carbocycles. The van der Waals surface area contributed by atoms with Gasteiger partial charge in [-0.2, -0.15) is 0 Å². The van der Waals surface area contributed by atoms with E-state index in [1.807, 2.05) is 48.2 Å². The molecule has 1 aromatic heterocycles. The standard InChI is InChI=1S/C21H20BrN3O2/c1-14-4-2-7-18-20(14)23-13-24(21(18)27)12-19(26)25(17-8-9-17)11-15-5-3-6-16(22)10-15/h2-7,10,13,17H,8-9,11-12H2,1H3. The molecule has 3 aromatic rings. The first kappa shape index (κ1) is 17.9. The molecule has 0 N–H and O–H groups in total. The van der Waals surface area contributed by atoms with E-state index in [1.54, 1.807) is 6.07 Å². The second-order valence-corrected chi connectivity index (χ2v) is 7.95. The van der Waals surface area contributed by atoms with Crippen LogP contribution in [-0.2, 0) is 17.9 Å². The molecule has 2 aromatic carbocycles. The van der Waals surface area contributed by atoms with Gasteiger partial charge in [0.15, 0.2) is 0 Å². The summed E-state index contributed by atoms with van der Waals surface area (Å²) in [7, 11) is 0. The first-order chi connectivity index (χ1) is 13.0. The molecule has 27 heavy (non-hydrogen) atoms. The molecule has 1 aliphatic rings. The minimum absolute atomic E-state index is 0.0141. The fraction of sp³-hybridized carbons (Fsp3) is 0.286. The van der Waals surface area contributed by atoms with Crippen molar-refractivity contribution in [3.63, 3.8) is 0 Å². The minimum Gasteiger partial charge on any atom is -0.334 e. The van der Waals surface area contributed by atoms with Gasteiger partial charge in [0.1, 0.15) is 6.54 Å². The third-order valence-corrected chi connectivity index (χ3v) is 5.40. The van der Waals surface area contributed by atoms with Crippen molar-refractivity contribution in [2.75, 3.05) is 0 Å². The molecule has 0 bridgehead atoms.